The first kappa shape index (κ1) is 11.3. The Bertz CT molecular complexity index is 402. The second kappa shape index (κ2) is 4.74. The van der Waals surface area contributed by atoms with Crippen LogP contribution in [0.4, 0.5) is 11.4 Å². The molecule has 1 aromatic carbocycles. The number of halogens is 1. The van der Waals surface area contributed by atoms with Gasteiger partial charge in [-0.25, -0.2) is 0 Å². The summed E-state index contributed by atoms with van der Waals surface area (Å²) in [6.07, 6.45) is 2.65. The van der Waals surface area contributed by atoms with Crippen LogP contribution in [0.15, 0.2) is 18.2 Å². The Balaban J connectivity index is 1.99. The number of benzene rings is 1. The Morgan fingerprint density at radius 2 is 2.25 bits per heavy atom. The fourth-order valence-corrected chi connectivity index (χ4v) is 1.73. The second-order valence-corrected chi connectivity index (χ2v) is 4.61. The van der Waals surface area contributed by atoms with Crippen molar-refractivity contribution in [1.29, 1.82) is 0 Å². The van der Waals surface area contributed by atoms with Gasteiger partial charge in [-0.05, 0) is 37.0 Å². The van der Waals surface area contributed by atoms with E-state index in [1.807, 2.05) is 18.2 Å². The number of nitrogens with one attached hydrogen (secondary N) is 2. The maximum Gasteiger partial charge on any atom is 0.221 e. The van der Waals surface area contributed by atoms with Crippen LogP contribution in [0.3, 0.4) is 0 Å². The molecule has 0 aliphatic heterocycles. The average Bonchev–Trinajstić information content (AvgIpc) is 3.02. The highest BCUT2D eigenvalue weighted by Crippen LogP contribution is 2.30. The van der Waals surface area contributed by atoms with Crippen LogP contribution < -0.4 is 10.6 Å². The molecule has 0 spiro atoms. The van der Waals surface area contributed by atoms with E-state index in [2.05, 4.69) is 10.6 Å². The van der Waals surface area contributed by atoms with E-state index in [9.17, 15) is 4.79 Å². The van der Waals surface area contributed by atoms with Gasteiger partial charge in [0, 0.05) is 19.2 Å². The van der Waals surface area contributed by atoms with Crippen molar-refractivity contribution in [2.45, 2.75) is 19.8 Å². The Kier molecular flexibility index (Phi) is 3.34. The van der Waals surface area contributed by atoms with Crippen LogP contribution >= 0.6 is 11.6 Å². The number of rotatable bonds is 4. The van der Waals surface area contributed by atoms with E-state index in [1.165, 1.54) is 19.8 Å². The minimum atomic E-state index is -0.111. The molecular weight excluding hydrogens is 224 g/mol. The predicted octanol–water partition coefficient (Wildman–Crippen LogP) is 3.12. The summed E-state index contributed by atoms with van der Waals surface area (Å²) in [5.74, 6) is 0.717. The van der Waals surface area contributed by atoms with Crippen LogP contribution in [0.2, 0.25) is 5.02 Å². The van der Waals surface area contributed by atoms with Gasteiger partial charge < -0.3 is 10.6 Å². The number of hydrogen-bond donors (Lipinski definition) is 2. The van der Waals surface area contributed by atoms with Crippen molar-refractivity contribution < 1.29 is 4.79 Å². The molecular formula is C12H15ClN2O. The number of anilines is 2. The summed E-state index contributed by atoms with van der Waals surface area (Å²) in [7, 11) is 0. The van der Waals surface area contributed by atoms with E-state index in [0.717, 1.165) is 18.2 Å². The monoisotopic (exact) mass is 238 g/mol. The second-order valence-electron chi connectivity index (χ2n) is 4.20. The number of hydrogen-bond acceptors (Lipinski definition) is 2. The van der Waals surface area contributed by atoms with E-state index >= 15 is 0 Å². The zero-order valence-corrected chi connectivity index (χ0v) is 9.97. The van der Waals surface area contributed by atoms with Crippen molar-refractivity contribution in [2.24, 2.45) is 5.92 Å². The van der Waals surface area contributed by atoms with Crippen molar-refractivity contribution in [2.75, 3.05) is 17.2 Å². The zero-order chi connectivity index (χ0) is 11.5. The van der Waals surface area contributed by atoms with Crippen LogP contribution in [0.1, 0.15) is 19.8 Å². The van der Waals surface area contributed by atoms with Crippen LogP contribution in [-0.2, 0) is 4.79 Å². The Morgan fingerprint density at radius 3 is 2.81 bits per heavy atom. The predicted molar refractivity (Wildman–Crippen MR) is 67.0 cm³/mol. The molecule has 1 amide bonds. The van der Waals surface area contributed by atoms with Gasteiger partial charge in [-0.2, -0.15) is 0 Å². The number of carbonyl (C=O) groups excluding carboxylic acids is 1. The molecule has 0 saturated heterocycles. The van der Waals surface area contributed by atoms with Crippen molar-refractivity contribution in [3.05, 3.63) is 23.2 Å². The lowest BCUT2D eigenvalue weighted by Crippen LogP contribution is -2.07. The molecule has 0 radical (unpaired) electrons. The minimum absolute atomic E-state index is 0.111. The summed E-state index contributed by atoms with van der Waals surface area (Å²) in [4.78, 5) is 10.9. The average molecular weight is 239 g/mol. The van der Waals surface area contributed by atoms with Crippen molar-refractivity contribution >= 4 is 28.9 Å². The molecule has 0 aromatic heterocycles. The Labute approximate surface area is 100 Å². The van der Waals surface area contributed by atoms with Gasteiger partial charge in [0.15, 0.2) is 0 Å². The maximum absolute atomic E-state index is 10.9. The molecule has 0 heterocycles. The van der Waals surface area contributed by atoms with Gasteiger partial charge in [-0.3, -0.25) is 4.79 Å². The third-order valence-corrected chi connectivity index (χ3v) is 2.88. The quantitative estimate of drug-likeness (QED) is 0.846. The summed E-state index contributed by atoms with van der Waals surface area (Å²) in [5.41, 5.74) is 1.66. The molecule has 86 valence electrons. The van der Waals surface area contributed by atoms with Crippen molar-refractivity contribution in [1.82, 2.24) is 0 Å². The third kappa shape index (κ3) is 3.14. The highest BCUT2D eigenvalue weighted by Gasteiger charge is 2.20. The van der Waals surface area contributed by atoms with Gasteiger partial charge in [0.1, 0.15) is 0 Å². The van der Waals surface area contributed by atoms with E-state index < -0.39 is 0 Å². The number of carbonyl (C=O) groups is 1. The van der Waals surface area contributed by atoms with Crippen LogP contribution in [0.5, 0.6) is 0 Å². The molecule has 0 atom stereocenters. The largest absolute Gasteiger partial charge is 0.385 e. The Morgan fingerprint density at radius 1 is 1.50 bits per heavy atom. The normalized spacial score (nSPS) is 14.6. The van der Waals surface area contributed by atoms with Crippen LogP contribution in [0, 0.1) is 5.92 Å². The van der Waals surface area contributed by atoms with E-state index in [1.54, 1.807) is 0 Å². The van der Waals surface area contributed by atoms with Gasteiger partial charge in [0.05, 0.1) is 10.7 Å². The molecule has 1 aliphatic rings. The molecule has 0 unspecified atom stereocenters. The van der Waals surface area contributed by atoms with Gasteiger partial charge >= 0.3 is 0 Å². The topological polar surface area (TPSA) is 41.1 Å². The minimum Gasteiger partial charge on any atom is -0.385 e. The molecule has 1 fully saturated rings. The van der Waals surface area contributed by atoms with Crippen LogP contribution in [0.25, 0.3) is 0 Å². The summed E-state index contributed by atoms with van der Waals surface area (Å²) in [5, 5.41) is 6.58. The molecule has 2 N–H and O–H groups in total. The third-order valence-electron chi connectivity index (χ3n) is 2.57. The van der Waals surface area contributed by atoms with Crippen LogP contribution in [-0.4, -0.2) is 12.5 Å². The standard InChI is InChI=1S/C12H15ClN2O/c1-8(16)15-12-5-4-10(6-11(12)13)14-7-9-2-3-9/h4-6,9,14H,2-3,7H2,1H3,(H,15,16). The lowest BCUT2D eigenvalue weighted by Gasteiger charge is -2.09. The summed E-state index contributed by atoms with van der Waals surface area (Å²) < 4.78 is 0. The fourth-order valence-electron chi connectivity index (χ4n) is 1.50. The molecule has 3 nitrogen and oxygen atoms in total. The highest BCUT2D eigenvalue weighted by molar-refractivity contribution is 6.34. The maximum atomic E-state index is 10.9. The van der Waals surface area contributed by atoms with E-state index in [-0.39, 0.29) is 5.91 Å². The molecule has 1 aliphatic carbocycles. The Hall–Kier alpha value is -1.22. The zero-order valence-electron chi connectivity index (χ0n) is 9.22. The summed E-state index contributed by atoms with van der Waals surface area (Å²) in [6.45, 7) is 2.48. The van der Waals surface area contributed by atoms with E-state index in [0.29, 0.717) is 10.7 Å². The summed E-state index contributed by atoms with van der Waals surface area (Å²) >= 11 is 6.05. The molecule has 4 heteroatoms. The van der Waals surface area contributed by atoms with Crippen molar-refractivity contribution in [3.8, 4) is 0 Å². The first-order valence-corrected chi connectivity index (χ1v) is 5.84. The molecule has 1 aromatic rings. The molecule has 16 heavy (non-hydrogen) atoms. The highest BCUT2D eigenvalue weighted by atomic mass is 35.5. The molecule has 0 bridgehead atoms. The first-order chi connectivity index (χ1) is 7.65. The SMILES string of the molecule is CC(=O)Nc1ccc(NCC2CC2)cc1Cl. The lowest BCUT2D eigenvalue weighted by molar-refractivity contribution is -0.114. The lowest BCUT2D eigenvalue weighted by atomic mass is 10.2. The van der Waals surface area contributed by atoms with Crippen molar-refractivity contribution in [3.63, 3.8) is 0 Å². The first-order valence-electron chi connectivity index (χ1n) is 5.46. The van der Waals surface area contributed by atoms with Gasteiger partial charge in [0.2, 0.25) is 5.91 Å². The van der Waals surface area contributed by atoms with Gasteiger partial charge in [-0.1, -0.05) is 11.6 Å². The van der Waals surface area contributed by atoms with E-state index in [4.69, 9.17) is 11.6 Å². The summed E-state index contributed by atoms with van der Waals surface area (Å²) in [6, 6.07) is 5.59. The smallest absolute Gasteiger partial charge is 0.221 e. The number of amides is 1. The van der Waals surface area contributed by atoms with Gasteiger partial charge in [0.25, 0.3) is 0 Å². The molecule has 2 rings (SSSR count). The molecule has 1 saturated carbocycles. The fraction of sp³-hybridized carbons (Fsp3) is 0.417. The van der Waals surface area contributed by atoms with Gasteiger partial charge in [-0.15, -0.1) is 0 Å².